The van der Waals surface area contributed by atoms with Crippen molar-refractivity contribution < 1.29 is 9.47 Å². The third kappa shape index (κ3) is 4.52. The van der Waals surface area contributed by atoms with E-state index in [1.807, 2.05) is 12.1 Å². The van der Waals surface area contributed by atoms with Crippen molar-refractivity contribution in [2.24, 2.45) is 0 Å². The summed E-state index contributed by atoms with van der Waals surface area (Å²) in [6.07, 6.45) is 8.88. The largest absolute Gasteiger partial charge is 0.496 e. The van der Waals surface area contributed by atoms with Gasteiger partial charge >= 0.3 is 0 Å². The molecule has 0 spiro atoms. The fourth-order valence-corrected chi connectivity index (χ4v) is 3.36. The van der Waals surface area contributed by atoms with Gasteiger partial charge in [0.2, 0.25) is 0 Å². The molecule has 0 amide bonds. The van der Waals surface area contributed by atoms with Crippen LogP contribution in [0.3, 0.4) is 0 Å². The van der Waals surface area contributed by atoms with Gasteiger partial charge in [-0.2, -0.15) is 0 Å². The van der Waals surface area contributed by atoms with E-state index < -0.39 is 0 Å². The van der Waals surface area contributed by atoms with Crippen molar-refractivity contribution in [1.29, 1.82) is 0 Å². The number of fused-ring (bicyclic) bond motifs is 1. The lowest BCUT2D eigenvalue weighted by atomic mass is 9.95. The van der Waals surface area contributed by atoms with Gasteiger partial charge in [-0.15, -0.1) is 0 Å². The van der Waals surface area contributed by atoms with E-state index in [2.05, 4.69) is 52.9 Å². The average molecular weight is 350 g/mol. The summed E-state index contributed by atoms with van der Waals surface area (Å²) < 4.78 is 11.5. The first-order valence-corrected chi connectivity index (χ1v) is 9.46. The molecule has 0 heterocycles. The van der Waals surface area contributed by atoms with Gasteiger partial charge in [0.05, 0.1) is 14.2 Å². The lowest BCUT2D eigenvalue weighted by molar-refractivity contribution is 0.404. The molecular formula is C23H31BO2. The maximum Gasteiger partial charge on any atom is 0.130 e. The summed E-state index contributed by atoms with van der Waals surface area (Å²) >= 11 is 0. The molecule has 0 radical (unpaired) electrons. The summed E-state index contributed by atoms with van der Waals surface area (Å²) in [6, 6.07) is 8.29. The molecule has 2 aromatic rings. The first-order valence-electron chi connectivity index (χ1n) is 9.46. The van der Waals surface area contributed by atoms with Crippen LogP contribution in [0, 0.1) is 6.92 Å². The second kappa shape index (κ2) is 9.52. The van der Waals surface area contributed by atoms with Gasteiger partial charge < -0.3 is 9.47 Å². The Hall–Kier alpha value is -2.16. The van der Waals surface area contributed by atoms with Gasteiger partial charge in [-0.1, -0.05) is 53.9 Å². The lowest BCUT2D eigenvalue weighted by Gasteiger charge is -2.18. The summed E-state index contributed by atoms with van der Waals surface area (Å²) in [7, 11) is 5.71. The molecule has 2 aromatic carbocycles. The van der Waals surface area contributed by atoms with Gasteiger partial charge in [0.25, 0.3) is 0 Å². The number of ether oxygens (including phenoxy) is 2. The van der Waals surface area contributed by atoms with Crippen molar-refractivity contribution in [3.63, 3.8) is 0 Å². The number of methoxy groups -OCH3 is 2. The monoisotopic (exact) mass is 350 g/mol. The van der Waals surface area contributed by atoms with Crippen molar-refractivity contribution in [1.82, 2.24) is 0 Å². The van der Waals surface area contributed by atoms with Crippen molar-refractivity contribution in [3.8, 4) is 11.5 Å². The highest BCUT2D eigenvalue weighted by Gasteiger charge is 2.17. The summed E-state index contributed by atoms with van der Waals surface area (Å²) in [4.78, 5) is 0. The number of rotatable bonds is 8. The van der Waals surface area contributed by atoms with E-state index in [0.29, 0.717) is 0 Å². The van der Waals surface area contributed by atoms with Crippen molar-refractivity contribution in [2.45, 2.75) is 46.4 Å². The fourth-order valence-electron chi connectivity index (χ4n) is 3.36. The zero-order valence-electron chi connectivity index (χ0n) is 17.1. The molecule has 0 bridgehead atoms. The van der Waals surface area contributed by atoms with Crippen molar-refractivity contribution in [2.75, 3.05) is 14.2 Å². The van der Waals surface area contributed by atoms with E-state index in [-0.39, 0.29) is 0 Å². The molecule has 0 fully saturated rings. The first-order chi connectivity index (χ1) is 12.5. The molecule has 0 unspecified atom stereocenters. The predicted molar refractivity (Wildman–Crippen MR) is 116 cm³/mol. The molecule has 0 aromatic heterocycles. The van der Waals surface area contributed by atoms with E-state index in [1.165, 1.54) is 16.7 Å². The van der Waals surface area contributed by atoms with Gasteiger partial charge in [-0.3, -0.25) is 0 Å². The van der Waals surface area contributed by atoms with Gasteiger partial charge in [-0.05, 0) is 45.6 Å². The SMILES string of the molecule is BC/C(C)=C/CC/C(C)=C/Cc1c(C)c(OC)c2ccccc2c1OC. The smallest absolute Gasteiger partial charge is 0.130 e. The highest BCUT2D eigenvalue weighted by atomic mass is 16.5. The molecule has 3 heteroatoms. The number of hydrogen-bond acceptors (Lipinski definition) is 2. The average Bonchev–Trinajstić information content (AvgIpc) is 2.65. The molecule has 0 aliphatic rings. The van der Waals surface area contributed by atoms with Crippen LogP contribution in [0.4, 0.5) is 0 Å². The Morgan fingerprint density at radius 3 is 2.15 bits per heavy atom. The summed E-state index contributed by atoms with van der Waals surface area (Å²) in [5.41, 5.74) is 5.25. The highest BCUT2D eigenvalue weighted by Crippen LogP contribution is 2.40. The van der Waals surface area contributed by atoms with Gasteiger partial charge in [-0.25, -0.2) is 0 Å². The Labute approximate surface area is 159 Å². The van der Waals surface area contributed by atoms with Crippen LogP contribution < -0.4 is 9.47 Å². The van der Waals surface area contributed by atoms with Crippen LogP contribution in [0.1, 0.15) is 37.8 Å². The van der Waals surface area contributed by atoms with Crippen LogP contribution in [0.2, 0.25) is 6.32 Å². The molecule has 0 saturated heterocycles. The van der Waals surface area contributed by atoms with E-state index in [1.54, 1.807) is 14.2 Å². The maximum absolute atomic E-state index is 5.80. The zero-order valence-corrected chi connectivity index (χ0v) is 17.1. The summed E-state index contributed by atoms with van der Waals surface area (Å²) in [5, 5.41) is 2.22. The van der Waals surface area contributed by atoms with Crippen molar-refractivity contribution in [3.05, 3.63) is 58.7 Å². The molecular weight excluding hydrogens is 319 g/mol. The van der Waals surface area contributed by atoms with Gasteiger partial charge in [0, 0.05) is 16.3 Å². The molecule has 0 saturated carbocycles. The molecule has 26 heavy (non-hydrogen) atoms. The molecule has 0 N–H and O–H groups in total. The summed E-state index contributed by atoms with van der Waals surface area (Å²) in [5.74, 6) is 1.91. The van der Waals surface area contributed by atoms with Crippen LogP contribution in [0.15, 0.2) is 47.6 Å². The number of hydrogen-bond donors (Lipinski definition) is 0. The standard InChI is InChI=1S/C23H31BO2/c1-16(9-8-10-17(2)15-24)13-14-19-18(3)22(25-4)20-11-6-7-12-21(20)23(19)26-5/h6-7,10-13H,8-9,14-15,24H2,1-5H3/b16-13+,17-10+. The van der Waals surface area contributed by atoms with E-state index in [9.17, 15) is 0 Å². The minimum absolute atomic E-state index is 0.860. The minimum atomic E-state index is 0.860. The van der Waals surface area contributed by atoms with Crippen LogP contribution in [0.25, 0.3) is 10.8 Å². The fraction of sp³-hybridized carbons (Fsp3) is 0.391. The van der Waals surface area contributed by atoms with Gasteiger partial charge in [0.15, 0.2) is 0 Å². The topological polar surface area (TPSA) is 18.5 Å². The molecule has 2 nitrogen and oxygen atoms in total. The van der Waals surface area contributed by atoms with Crippen molar-refractivity contribution >= 4 is 18.6 Å². The second-order valence-corrected chi connectivity index (χ2v) is 6.91. The lowest BCUT2D eigenvalue weighted by Crippen LogP contribution is -2.00. The van der Waals surface area contributed by atoms with E-state index >= 15 is 0 Å². The Balaban J connectivity index is 2.34. The van der Waals surface area contributed by atoms with Crippen LogP contribution >= 0.6 is 0 Å². The highest BCUT2D eigenvalue weighted by molar-refractivity contribution is 6.10. The van der Waals surface area contributed by atoms with Crippen LogP contribution in [0.5, 0.6) is 11.5 Å². The third-order valence-electron chi connectivity index (χ3n) is 5.14. The Bertz CT molecular complexity index is 819. The Morgan fingerprint density at radius 1 is 0.962 bits per heavy atom. The quantitative estimate of drug-likeness (QED) is 0.467. The number of benzene rings is 2. The summed E-state index contributed by atoms with van der Waals surface area (Å²) in [6.45, 7) is 6.55. The molecule has 0 aliphatic carbocycles. The Morgan fingerprint density at radius 2 is 1.58 bits per heavy atom. The third-order valence-corrected chi connectivity index (χ3v) is 5.14. The van der Waals surface area contributed by atoms with Crippen LogP contribution in [-0.2, 0) is 6.42 Å². The Kier molecular flexibility index (Phi) is 7.38. The normalized spacial score (nSPS) is 12.5. The molecule has 0 aliphatic heterocycles. The molecule has 138 valence electrons. The first kappa shape index (κ1) is 20.2. The number of allylic oxidation sites excluding steroid dienone is 4. The van der Waals surface area contributed by atoms with Gasteiger partial charge in [0.1, 0.15) is 19.3 Å². The second-order valence-electron chi connectivity index (χ2n) is 6.91. The maximum atomic E-state index is 5.80. The minimum Gasteiger partial charge on any atom is -0.496 e. The predicted octanol–water partition coefficient (Wildman–Crippen LogP) is 5.43. The zero-order chi connectivity index (χ0) is 19.1. The molecule has 2 rings (SSSR count). The van der Waals surface area contributed by atoms with E-state index in [4.69, 9.17) is 9.47 Å². The molecule has 0 atom stereocenters. The van der Waals surface area contributed by atoms with Crippen LogP contribution in [-0.4, -0.2) is 22.1 Å². The van der Waals surface area contributed by atoms with E-state index in [0.717, 1.165) is 53.4 Å².